The summed E-state index contributed by atoms with van der Waals surface area (Å²) in [4.78, 5) is 27.0. The number of benzene rings is 1. The van der Waals surface area contributed by atoms with Crippen molar-refractivity contribution in [2.75, 3.05) is 6.61 Å². The van der Waals surface area contributed by atoms with E-state index in [1.807, 2.05) is 13.2 Å². The Morgan fingerprint density at radius 2 is 2.00 bits per heavy atom. The summed E-state index contributed by atoms with van der Waals surface area (Å²) in [6.07, 6.45) is 4.85. The maximum absolute atomic E-state index is 14.9. The minimum atomic E-state index is -0.534. The third-order valence-corrected chi connectivity index (χ3v) is 6.33. The Bertz CT molecular complexity index is 1430. The topological polar surface area (TPSA) is 87.7 Å². The second-order valence-electron chi connectivity index (χ2n) is 8.30. The molecular formula is C23H22ClFN6O2. The van der Waals surface area contributed by atoms with Crippen LogP contribution in [0.25, 0.3) is 22.3 Å². The molecule has 1 aromatic carbocycles. The van der Waals surface area contributed by atoms with Gasteiger partial charge >= 0.3 is 0 Å². The van der Waals surface area contributed by atoms with E-state index in [1.54, 1.807) is 37.0 Å². The molecule has 10 heteroatoms. The van der Waals surface area contributed by atoms with E-state index in [9.17, 15) is 9.18 Å². The molecule has 0 spiro atoms. The van der Waals surface area contributed by atoms with Crippen LogP contribution in [0.2, 0.25) is 5.02 Å². The van der Waals surface area contributed by atoms with Gasteiger partial charge in [-0.3, -0.25) is 14.0 Å². The molecule has 2 atom stereocenters. The van der Waals surface area contributed by atoms with E-state index in [-0.39, 0.29) is 44.9 Å². The molecular weight excluding hydrogens is 447 g/mol. The van der Waals surface area contributed by atoms with Gasteiger partial charge in [0.1, 0.15) is 28.7 Å². The van der Waals surface area contributed by atoms with Gasteiger partial charge in [0.2, 0.25) is 0 Å². The highest BCUT2D eigenvalue weighted by Gasteiger charge is 2.29. The van der Waals surface area contributed by atoms with Crippen LogP contribution < -0.4 is 5.56 Å². The smallest absolute Gasteiger partial charge is 0.279 e. The van der Waals surface area contributed by atoms with Crippen molar-refractivity contribution in [3.8, 4) is 11.3 Å². The molecule has 0 N–H and O–H groups in total. The molecule has 5 rings (SSSR count). The van der Waals surface area contributed by atoms with Gasteiger partial charge < -0.3 is 4.74 Å². The highest BCUT2D eigenvalue weighted by molar-refractivity contribution is 6.30. The van der Waals surface area contributed by atoms with E-state index >= 15 is 0 Å². The first-order valence-electron chi connectivity index (χ1n) is 10.6. The summed E-state index contributed by atoms with van der Waals surface area (Å²) in [5.41, 5.74) is 1.63. The predicted octanol–water partition coefficient (Wildman–Crippen LogP) is 3.86. The molecule has 4 heterocycles. The van der Waals surface area contributed by atoms with E-state index in [0.29, 0.717) is 31.1 Å². The fraction of sp³-hybridized carbons (Fsp3) is 0.348. The minimum absolute atomic E-state index is 0.0755. The minimum Gasteiger partial charge on any atom is -0.373 e. The van der Waals surface area contributed by atoms with Crippen LogP contribution in [0, 0.1) is 12.7 Å². The van der Waals surface area contributed by atoms with E-state index in [1.165, 1.54) is 10.6 Å². The number of ether oxygens (including phenoxy) is 1. The summed E-state index contributed by atoms with van der Waals surface area (Å²) in [7, 11) is 3.50. The van der Waals surface area contributed by atoms with Gasteiger partial charge in [-0.15, -0.1) is 0 Å². The normalized spacial score (nSPS) is 18.7. The quantitative estimate of drug-likeness (QED) is 0.453. The molecule has 170 valence electrons. The number of nitrogens with zero attached hydrogens (tertiary/aromatic N) is 6. The number of halogens is 2. The standard InChI is InChI=1S/C23H22ClFN6O2/c1-12-27-20-19(16-5-4-15(24)9-17(16)25)28-22(29-21(20)23(32)31(12)3)13-6-7-33-18(8-13)14-10-26-30(2)11-14/h4-5,9-11,13,18H,6-8H2,1-3H3. The maximum atomic E-state index is 14.9. The van der Waals surface area contributed by atoms with Crippen molar-refractivity contribution in [1.82, 2.24) is 29.3 Å². The Labute approximate surface area is 194 Å². The molecule has 1 fully saturated rings. The van der Waals surface area contributed by atoms with Crippen LogP contribution in [0.4, 0.5) is 4.39 Å². The zero-order chi connectivity index (χ0) is 23.3. The summed E-state index contributed by atoms with van der Waals surface area (Å²) in [6, 6.07) is 4.37. The molecule has 3 aromatic heterocycles. The number of hydrogen-bond donors (Lipinski definition) is 0. The van der Waals surface area contributed by atoms with Crippen LogP contribution in [0.3, 0.4) is 0 Å². The predicted molar refractivity (Wildman–Crippen MR) is 122 cm³/mol. The van der Waals surface area contributed by atoms with E-state index < -0.39 is 5.82 Å². The van der Waals surface area contributed by atoms with E-state index in [2.05, 4.69) is 15.1 Å². The third kappa shape index (κ3) is 3.91. The van der Waals surface area contributed by atoms with Crippen LogP contribution >= 0.6 is 11.6 Å². The molecule has 0 radical (unpaired) electrons. The summed E-state index contributed by atoms with van der Waals surface area (Å²) in [6.45, 7) is 2.23. The second-order valence-corrected chi connectivity index (χ2v) is 8.74. The number of fused-ring (bicyclic) bond motifs is 1. The molecule has 2 unspecified atom stereocenters. The monoisotopic (exact) mass is 468 g/mol. The van der Waals surface area contributed by atoms with Crippen LogP contribution in [0.15, 0.2) is 35.4 Å². The summed E-state index contributed by atoms with van der Waals surface area (Å²) in [5.74, 6) is 0.358. The number of rotatable bonds is 3. The zero-order valence-corrected chi connectivity index (χ0v) is 19.2. The molecule has 0 saturated carbocycles. The fourth-order valence-electron chi connectivity index (χ4n) is 4.19. The van der Waals surface area contributed by atoms with Crippen molar-refractivity contribution < 1.29 is 9.13 Å². The lowest BCUT2D eigenvalue weighted by atomic mass is 9.92. The van der Waals surface area contributed by atoms with Gasteiger partial charge in [-0.1, -0.05) is 11.6 Å². The average molecular weight is 469 g/mol. The number of aryl methyl sites for hydroxylation is 2. The fourth-order valence-corrected chi connectivity index (χ4v) is 4.35. The molecule has 4 aromatic rings. The van der Waals surface area contributed by atoms with Crippen molar-refractivity contribution in [2.45, 2.75) is 31.8 Å². The molecule has 0 aliphatic carbocycles. The first-order chi connectivity index (χ1) is 15.8. The summed E-state index contributed by atoms with van der Waals surface area (Å²) in [5, 5.41) is 4.51. The molecule has 1 aliphatic rings. The van der Waals surface area contributed by atoms with Gasteiger partial charge in [-0.2, -0.15) is 5.10 Å². The van der Waals surface area contributed by atoms with Crippen molar-refractivity contribution in [2.24, 2.45) is 14.1 Å². The largest absolute Gasteiger partial charge is 0.373 e. The van der Waals surface area contributed by atoms with Gasteiger partial charge in [0.05, 0.1) is 12.3 Å². The Morgan fingerprint density at radius 3 is 2.73 bits per heavy atom. The highest BCUT2D eigenvalue weighted by Crippen LogP contribution is 2.37. The van der Waals surface area contributed by atoms with Gasteiger partial charge in [0, 0.05) is 49.0 Å². The van der Waals surface area contributed by atoms with Crippen LogP contribution in [-0.2, 0) is 18.8 Å². The molecule has 33 heavy (non-hydrogen) atoms. The van der Waals surface area contributed by atoms with Crippen LogP contribution in [0.5, 0.6) is 0 Å². The Hall–Kier alpha value is -3.17. The Morgan fingerprint density at radius 1 is 1.18 bits per heavy atom. The van der Waals surface area contributed by atoms with Crippen LogP contribution in [0.1, 0.15) is 42.1 Å². The lowest BCUT2D eigenvalue weighted by molar-refractivity contribution is 0.00398. The van der Waals surface area contributed by atoms with Gasteiger partial charge in [0.25, 0.3) is 5.56 Å². The second kappa shape index (κ2) is 8.31. The van der Waals surface area contributed by atoms with Crippen LogP contribution in [-0.4, -0.2) is 35.9 Å². The van der Waals surface area contributed by atoms with E-state index in [4.69, 9.17) is 21.3 Å². The van der Waals surface area contributed by atoms with Crippen molar-refractivity contribution in [3.05, 3.63) is 69.0 Å². The van der Waals surface area contributed by atoms with E-state index in [0.717, 1.165) is 5.56 Å². The lowest BCUT2D eigenvalue weighted by Gasteiger charge is -2.28. The van der Waals surface area contributed by atoms with Crippen molar-refractivity contribution in [1.29, 1.82) is 0 Å². The Kier molecular flexibility index (Phi) is 5.46. The highest BCUT2D eigenvalue weighted by atomic mass is 35.5. The van der Waals surface area contributed by atoms with Gasteiger partial charge in [-0.05, 0) is 38.0 Å². The number of hydrogen-bond acceptors (Lipinski definition) is 6. The first kappa shape index (κ1) is 21.7. The van der Waals surface area contributed by atoms with Crippen molar-refractivity contribution >= 4 is 22.6 Å². The van der Waals surface area contributed by atoms with Crippen molar-refractivity contribution in [3.63, 3.8) is 0 Å². The molecule has 8 nitrogen and oxygen atoms in total. The Balaban J connectivity index is 1.67. The van der Waals surface area contributed by atoms with Gasteiger partial charge in [0.15, 0.2) is 5.52 Å². The molecule has 1 aliphatic heterocycles. The first-order valence-corrected chi connectivity index (χ1v) is 11.0. The van der Waals surface area contributed by atoms with Gasteiger partial charge in [-0.25, -0.2) is 19.3 Å². The molecule has 1 saturated heterocycles. The summed E-state index contributed by atoms with van der Waals surface area (Å²) < 4.78 is 24.0. The lowest BCUT2D eigenvalue weighted by Crippen LogP contribution is -2.25. The zero-order valence-electron chi connectivity index (χ0n) is 18.4. The third-order valence-electron chi connectivity index (χ3n) is 6.10. The molecule has 0 bridgehead atoms. The maximum Gasteiger partial charge on any atom is 0.279 e. The molecule has 0 amide bonds. The average Bonchev–Trinajstić information content (AvgIpc) is 3.24. The summed E-state index contributed by atoms with van der Waals surface area (Å²) >= 11 is 5.96. The number of aromatic nitrogens is 6. The SMILES string of the molecule is Cc1nc2c(-c3ccc(Cl)cc3F)nc(C3CCOC(c4cnn(C)c4)C3)nc2c(=O)n1C.